The number of benzene rings is 1. The number of aryl methyl sites for hydroxylation is 2. The molecule has 0 radical (unpaired) electrons. The van der Waals surface area contributed by atoms with Crippen molar-refractivity contribution >= 4 is 28.9 Å². The predicted octanol–water partition coefficient (Wildman–Crippen LogP) is 15.6. The molecule has 0 atom stereocenters. The van der Waals surface area contributed by atoms with Crippen molar-refractivity contribution in [1.29, 1.82) is 0 Å². The Balaban J connectivity index is 2.15. The largest absolute Gasteiger partial charge is 0.337 e. The molecule has 0 unspecified atom stereocenters. The van der Waals surface area contributed by atoms with E-state index in [9.17, 15) is 9.79 Å². The minimum atomic E-state index is -3.29. The summed E-state index contributed by atoms with van der Waals surface area (Å²) in [6, 6.07) is 6.49. The predicted molar refractivity (Wildman–Crippen MR) is 218 cm³/mol. The molecular formula is C42H79O2PS2. The Labute approximate surface area is 303 Å². The first-order valence-electron chi connectivity index (χ1n) is 20.8. The number of rotatable bonds is 36. The Kier molecular flexibility index (Phi) is 32.0. The maximum Gasteiger partial charge on any atom is 0.246 e. The summed E-state index contributed by atoms with van der Waals surface area (Å²) in [6.45, 7) is 4.59. The van der Waals surface area contributed by atoms with Gasteiger partial charge in [0.25, 0.3) is 0 Å². The van der Waals surface area contributed by atoms with Crippen LogP contribution in [0, 0.1) is 0 Å². The lowest BCUT2D eigenvalue weighted by atomic mass is 9.96. The highest BCUT2D eigenvalue weighted by molar-refractivity contribution is 8.67. The fourth-order valence-electron chi connectivity index (χ4n) is 7.00. The van der Waals surface area contributed by atoms with Gasteiger partial charge in [0.05, 0.1) is 0 Å². The molecular weight excluding hydrogens is 632 g/mol. The zero-order valence-corrected chi connectivity index (χ0v) is 34.0. The van der Waals surface area contributed by atoms with E-state index in [1.807, 2.05) is 0 Å². The molecule has 276 valence electrons. The van der Waals surface area contributed by atoms with Crippen molar-refractivity contribution in [3.05, 3.63) is 29.3 Å². The molecule has 0 aliphatic rings. The van der Waals surface area contributed by atoms with Gasteiger partial charge < -0.3 is 9.79 Å². The zero-order chi connectivity index (χ0) is 34.1. The van der Waals surface area contributed by atoms with E-state index in [0.717, 1.165) is 29.1 Å². The maximum atomic E-state index is 9.86. The Morgan fingerprint density at radius 2 is 0.702 bits per heavy atom. The third-order valence-corrected chi connectivity index (χ3v) is 12.7. The summed E-state index contributed by atoms with van der Waals surface area (Å²) < 4.78 is 0. The van der Waals surface area contributed by atoms with Gasteiger partial charge in [-0.15, -0.1) is 0 Å². The summed E-state index contributed by atoms with van der Waals surface area (Å²) in [5.41, 5.74) is -0.421. The molecule has 1 aromatic rings. The van der Waals surface area contributed by atoms with Crippen molar-refractivity contribution in [3.63, 3.8) is 0 Å². The van der Waals surface area contributed by atoms with Gasteiger partial charge in [-0.05, 0) is 72.1 Å². The fourth-order valence-corrected chi connectivity index (χ4v) is 9.54. The molecule has 0 spiro atoms. The van der Waals surface area contributed by atoms with Crippen LogP contribution in [0.1, 0.15) is 230 Å². The fraction of sp³-hybridized carbons (Fsp3) is 0.857. The topological polar surface area (TPSA) is 40.5 Å². The van der Waals surface area contributed by atoms with Crippen molar-refractivity contribution in [1.82, 2.24) is 0 Å². The lowest BCUT2D eigenvalue weighted by Gasteiger charge is -2.13. The molecule has 0 saturated carbocycles. The van der Waals surface area contributed by atoms with Crippen molar-refractivity contribution in [2.75, 3.05) is 0 Å². The van der Waals surface area contributed by atoms with Crippen LogP contribution in [0.4, 0.5) is 0 Å². The molecule has 0 bridgehead atoms. The molecule has 0 heterocycles. The van der Waals surface area contributed by atoms with Crippen LogP contribution in [0.2, 0.25) is 0 Å². The van der Waals surface area contributed by atoms with Gasteiger partial charge in [-0.1, -0.05) is 213 Å². The highest BCUT2D eigenvalue weighted by atomic mass is 32.9. The van der Waals surface area contributed by atoms with Crippen LogP contribution in [-0.4, -0.2) is 9.79 Å². The van der Waals surface area contributed by atoms with Gasteiger partial charge in [0.15, 0.2) is 0 Å². The van der Waals surface area contributed by atoms with Crippen LogP contribution >= 0.6 is 17.1 Å². The van der Waals surface area contributed by atoms with E-state index in [1.54, 1.807) is 0 Å². The zero-order valence-electron chi connectivity index (χ0n) is 31.4. The molecule has 47 heavy (non-hydrogen) atoms. The first-order chi connectivity index (χ1) is 23.0. The number of hydrogen-bond acceptors (Lipinski definition) is 2. The van der Waals surface area contributed by atoms with Crippen molar-refractivity contribution < 1.29 is 9.79 Å². The standard InChI is InChI=1S/C42H79O2PS2/c1-3-5-7-9-11-13-15-17-19-21-23-25-27-29-31-33-35-40-37-38-42(47-45(43,44)46)39-41(40)36-34-32-30-28-26-24-22-20-18-16-14-12-10-8-6-4-2/h37-39H,3-36H2,1-2H3,(H2,43,44,46). The van der Waals surface area contributed by atoms with E-state index in [-0.39, 0.29) is 0 Å². The molecule has 0 fully saturated rings. The summed E-state index contributed by atoms with van der Waals surface area (Å²) in [7, 11) is 0. The summed E-state index contributed by atoms with van der Waals surface area (Å²) in [6.07, 6.45) is 47.0. The molecule has 5 heteroatoms. The maximum absolute atomic E-state index is 9.86. The van der Waals surface area contributed by atoms with Crippen molar-refractivity contribution in [2.45, 2.75) is 237 Å². The lowest BCUT2D eigenvalue weighted by Crippen LogP contribution is -1.97. The monoisotopic (exact) mass is 711 g/mol. The Morgan fingerprint density at radius 3 is 1.00 bits per heavy atom. The Hall–Kier alpha value is 0.140. The Morgan fingerprint density at radius 1 is 0.426 bits per heavy atom. The van der Waals surface area contributed by atoms with Crippen LogP contribution in [0.25, 0.3) is 0 Å². The number of hydrogen-bond donors (Lipinski definition) is 2. The second-order valence-electron chi connectivity index (χ2n) is 14.6. The molecule has 0 amide bonds. The highest BCUT2D eigenvalue weighted by Crippen LogP contribution is 2.55. The minimum absolute atomic E-state index is 0.917. The van der Waals surface area contributed by atoms with Crippen molar-refractivity contribution in [2.24, 2.45) is 0 Å². The van der Waals surface area contributed by atoms with E-state index >= 15 is 0 Å². The molecule has 1 aromatic carbocycles. The quantitative estimate of drug-likeness (QED) is 0.0537. The first kappa shape index (κ1) is 45.2. The molecule has 0 saturated heterocycles. The second-order valence-corrected chi connectivity index (χ2v) is 20.6. The van der Waals surface area contributed by atoms with E-state index in [0.29, 0.717) is 0 Å². The van der Waals surface area contributed by atoms with Crippen molar-refractivity contribution in [3.8, 4) is 0 Å². The third kappa shape index (κ3) is 30.7. The first-order valence-corrected chi connectivity index (χ1v) is 25.0. The lowest BCUT2D eigenvalue weighted by molar-refractivity contribution is 0.502. The van der Waals surface area contributed by atoms with Gasteiger partial charge in [0.2, 0.25) is 5.69 Å². The van der Waals surface area contributed by atoms with Gasteiger partial charge in [0.1, 0.15) is 0 Å². The number of unbranched alkanes of at least 4 members (excludes halogenated alkanes) is 30. The molecule has 0 aliphatic heterocycles. The minimum Gasteiger partial charge on any atom is -0.337 e. The molecule has 0 aliphatic carbocycles. The Bertz CT molecular complexity index is 855. The SMILES string of the molecule is CCCCCCCCCCCCCCCCCCc1ccc(SP(O)(O)=S)cc1CCCCCCCCCCCCCCCCCC. The van der Waals surface area contributed by atoms with E-state index in [2.05, 4.69) is 32.0 Å². The van der Waals surface area contributed by atoms with Gasteiger partial charge in [0, 0.05) is 4.90 Å². The van der Waals surface area contributed by atoms with Crippen LogP contribution in [0.3, 0.4) is 0 Å². The van der Waals surface area contributed by atoms with E-state index < -0.39 is 5.69 Å². The van der Waals surface area contributed by atoms with E-state index in [1.165, 1.54) is 217 Å². The molecule has 2 nitrogen and oxygen atoms in total. The van der Waals surface area contributed by atoms with Crippen LogP contribution in [0.15, 0.2) is 23.1 Å². The van der Waals surface area contributed by atoms with Crippen LogP contribution < -0.4 is 0 Å². The second kappa shape index (κ2) is 33.3. The smallest absolute Gasteiger partial charge is 0.246 e. The molecule has 0 aromatic heterocycles. The highest BCUT2D eigenvalue weighted by Gasteiger charge is 2.12. The average Bonchev–Trinajstić information content (AvgIpc) is 3.04. The summed E-state index contributed by atoms with van der Waals surface area (Å²) in [4.78, 5) is 20.6. The molecule has 2 N–H and O–H groups in total. The van der Waals surface area contributed by atoms with E-state index in [4.69, 9.17) is 11.8 Å². The summed E-state index contributed by atoms with van der Waals surface area (Å²) >= 11 is 5.99. The third-order valence-electron chi connectivity index (χ3n) is 10.0. The van der Waals surface area contributed by atoms with Gasteiger partial charge in [-0.25, -0.2) is 0 Å². The molecule has 1 rings (SSSR count). The normalized spacial score (nSPS) is 11.9. The van der Waals surface area contributed by atoms with Gasteiger partial charge in [-0.3, -0.25) is 0 Å². The average molecular weight is 711 g/mol. The van der Waals surface area contributed by atoms with Gasteiger partial charge >= 0.3 is 0 Å². The van der Waals surface area contributed by atoms with Gasteiger partial charge in [-0.2, -0.15) is 0 Å². The van der Waals surface area contributed by atoms with Crippen LogP contribution in [0.5, 0.6) is 0 Å². The summed E-state index contributed by atoms with van der Waals surface area (Å²) in [5.74, 6) is 0. The van der Waals surface area contributed by atoms with Crippen LogP contribution in [-0.2, 0) is 24.6 Å². The summed E-state index contributed by atoms with van der Waals surface area (Å²) in [5, 5.41) is 0.